The highest BCUT2D eigenvalue weighted by Crippen LogP contribution is 2.33. The molecular weight excluding hydrogens is 318 g/mol. The largest absolute Gasteiger partial charge is 0.496 e. The third-order valence-electron chi connectivity index (χ3n) is 2.76. The molecule has 4 nitrogen and oxygen atoms in total. The summed E-state index contributed by atoms with van der Waals surface area (Å²) >= 11 is 9.39. The van der Waals surface area contributed by atoms with Crippen LogP contribution < -0.4 is 10.5 Å². The summed E-state index contributed by atoms with van der Waals surface area (Å²) in [6, 6.07) is 5.08. The molecule has 0 fully saturated rings. The van der Waals surface area contributed by atoms with Gasteiger partial charge < -0.3 is 10.5 Å². The zero-order valence-corrected chi connectivity index (χ0v) is 12.4. The van der Waals surface area contributed by atoms with Crippen molar-refractivity contribution in [1.29, 1.82) is 0 Å². The van der Waals surface area contributed by atoms with Crippen LogP contribution in [0.4, 0.5) is 0 Å². The van der Waals surface area contributed by atoms with Crippen LogP contribution in [0.15, 0.2) is 28.9 Å². The van der Waals surface area contributed by atoms with Gasteiger partial charge in [-0.1, -0.05) is 17.7 Å². The number of methoxy groups -OCH3 is 1. The summed E-state index contributed by atoms with van der Waals surface area (Å²) in [5.74, 6) is 0.670. The number of aromatic nitrogens is 2. The molecular formula is C12H13BrClN3O. The molecule has 0 bridgehead atoms. The first-order chi connectivity index (χ1) is 8.54. The van der Waals surface area contributed by atoms with Gasteiger partial charge in [0.1, 0.15) is 5.75 Å². The van der Waals surface area contributed by atoms with E-state index in [-0.39, 0.29) is 6.04 Å². The fourth-order valence-corrected chi connectivity index (χ4v) is 2.62. The smallest absolute Gasteiger partial charge is 0.125 e. The van der Waals surface area contributed by atoms with Crippen LogP contribution in [0, 0.1) is 0 Å². The molecule has 0 radical (unpaired) electrons. The molecule has 1 aromatic heterocycles. The second-order valence-corrected chi connectivity index (χ2v) is 5.16. The molecule has 0 spiro atoms. The quantitative estimate of drug-likeness (QED) is 0.941. The summed E-state index contributed by atoms with van der Waals surface area (Å²) in [7, 11) is 3.45. The lowest BCUT2D eigenvalue weighted by atomic mass is 10.0. The fourth-order valence-electron chi connectivity index (χ4n) is 1.86. The first kappa shape index (κ1) is 13.4. The molecule has 2 N–H and O–H groups in total. The van der Waals surface area contributed by atoms with Crippen molar-refractivity contribution in [3.8, 4) is 5.75 Å². The van der Waals surface area contributed by atoms with E-state index in [0.29, 0.717) is 10.8 Å². The minimum Gasteiger partial charge on any atom is -0.496 e. The molecule has 0 aliphatic heterocycles. The van der Waals surface area contributed by atoms with Crippen LogP contribution in [-0.2, 0) is 7.05 Å². The van der Waals surface area contributed by atoms with Crippen LogP contribution in [0.3, 0.4) is 0 Å². The number of benzene rings is 1. The summed E-state index contributed by atoms with van der Waals surface area (Å²) in [4.78, 5) is 0. The lowest BCUT2D eigenvalue weighted by molar-refractivity contribution is 0.407. The number of rotatable bonds is 3. The predicted molar refractivity (Wildman–Crippen MR) is 74.9 cm³/mol. The summed E-state index contributed by atoms with van der Waals surface area (Å²) in [5, 5.41) is 4.78. The number of hydrogen-bond acceptors (Lipinski definition) is 3. The highest BCUT2D eigenvalue weighted by Gasteiger charge is 2.20. The van der Waals surface area contributed by atoms with E-state index in [0.717, 1.165) is 15.7 Å². The van der Waals surface area contributed by atoms with Gasteiger partial charge in [0.2, 0.25) is 0 Å². The third kappa shape index (κ3) is 2.39. The Hall–Kier alpha value is -1.04. The Labute approximate surface area is 119 Å². The first-order valence-electron chi connectivity index (χ1n) is 5.31. The molecule has 1 unspecified atom stereocenters. The Morgan fingerprint density at radius 1 is 1.50 bits per heavy atom. The maximum Gasteiger partial charge on any atom is 0.125 e. The van der Waals surface area contributed by atoms with Gasteiger partial charge in [0.25, 0.3) is 0 Å². The van der Waals surface area contributed by atoms with Crippen molar-refractivity contribution in [2.24, 2.45) is 12.8 Å². The Kier molecular flexibility index (Phi) is 3.94. The Morgan fingerprint density at radius 3 is 2.78 bits per heavy atom. The topological polar surface area (TPSA) is 53.1 Å². The van der Waals surface area contributed by atoms with Crippen LogP contribution in [0.2, 0.25) is 5.02 Å². The van der Waals surface area contributed by atoms with Gasteiger partial charge in [-0.15, -0.1) is 0 Å². The molecule has 18 heavy (non-hydrogen) atoms. The number of nitrogens with zero attached hydrogens (tertiary/aromatic N) is 2. The standard InChI is InChI=1S/C12H13BrClN3O/c1-17-12(9(13)6-16-17)11(15)8-4-3-7(14)5-10(8)18-2/h3-6,11H,15H2,1-2H3. The van der Waals surface area contributed by atoms with Crippen molar-refractivity contribution in [2.75, 3.05) is 7.11 Å². The highest BCUT2D eigenvalue weighted by atomic mass is 79.9. The van der Waals surface area contributed by atoms with Crippen LogP contribution in [-0.4, -0.2) is 16.9 Å². The number of nitrogens with two attached hydrogens (primary N) is 1. The average Bonchev–Trinajstić information content (AvgIpc) is 2.68. The lowest BCUT2D eigenvalue weighted by Crippen LogP contribution is -2.17. The van der Waals surface area contributed by atoms with E-state index in [2.05, 4.69) is 21.0 Å². The van der Waals surface area contributed by atoms with Crippen LogP contribution >= 0.6 is 27.5 Å². The molecule has 0 aliphatic carbocycles. The van der Waals surface area contributed by atoms with E-state index < -0.39 is 0 Å². The Bertz CT molecular complexity index is 551. The molecule has 2 rings (SSSR count). The molecule has 96 valence electrons. The van der Waals surface area contributed by atoms with Crippen LogP contribution in [0.5, 0.6) is 5.75 Å². The van der Waals surface area contributed by atoms with Gasteiger partial charge in [0.05, 0.1) is 29.5 Å². The Morgan fingerprint density at radius 2 is 2.22 bits per heavy atom. The van der Waals surface area contributed by atoms with Gasteiger partial charge >= 0.3 is 0 Å². The van der Waals surface area contributed by atoms with E-state index in [1.165, 1.54) is 0 Å². The van der Waals surface area contributed by atoms with Crippen molar-refractivity contribution in [1.82, 2.24) is 9.78 Å². The van der Waals surface area contributed by atoms with Crippen molar-refractivity contribution in [3.05, 3.63) is 45.1 Å². The minimum atomic E-state index is -0.334. The monoisotopic (exact) mass is 329 g/mol. The van der Waals surface area contributed by atoms with Crippen molar-refractivity contribution >= 4 is 27.5 Å². The summed E-state index contributed by atoms with van der Waals surface area (Å²) < 4.78 is 7.92. The van der Waals surface area contributed by atoms with Crippen molar-refractivity contribution in [2.45, 2.75) is 6.04 Å². The van der Waals surface area contributed by atoms with E-state index in [1.54, 1.807) is 30.1 Å². The summed E-state index contributed by atoms with van der Waals surface area (Å²) in [6.45, 7) is 0. The molecule has 2 aromatic rings. The third-order valence-corrected chi connectivity index (χ3v) is 3.61. The normalized spacial score (nSPS) is 12.5. The van der Waals surface area contributed by atoms with Crippen molar-refractivity contribution < 1.29 is 4.74 Å². The molecule has 0 saturated carbocycles. The lowest BCUT2D eigenvalue weighted by Gasteiger charge is -2.17. The van der Waals surface area contributed by atoms with Gasteiger partial charge in [-0.05, 0) is 28.1 Å². The maximum atomic E-state index is 6.27. The van der Waals surface area contributed by atoms with Crippen LogP contribution in [0.1, 0.15) is 17.3 Å². The average molecular weight is 331 g/mol. The fraction of sp³-hybridized carbons (Fsp3) is 0.250. The van der Waals surface area contributed by atoms with Crippen LogP contribution in [0.25, 0.3) is 0 Å². The Balaban J connectivity index is 2.49. The molecule has 1 heterocycles. The van der Waals surface area contributed by atoms with E-state index in [9.17, 15) is 0 Å². The number of halogens is 2. The zero-order valence-electron chi connectivity index (χ0n) is 10.0. The second kappa shape index (κ2) is 5.30. The van der Waals surface area contributed by atoms with Gasteiger partial charge in [0, 0.05) is 17.6 Å². The molecule has 1 atom stereocenters. The predicted octanol–water partition coefficient (Wildman–Crippen LogP) is 2.89. The van der Waals surface area contributed by atoms with Gasteiger partial charge in [0.15, 0.2) is 0 Å². The number of hydrogen-bond donors (Lipinski definition) is 1. The molecule has 6 heteroatoms. The number of ether oxygens (including phenoxy) is 1. The van der Waals surface area contributed by atoms with Gasteiger partial charge in [-0.25, -0.2) is 0 Å². The maximum absolute atomic E-state index is 6.27. The number of aryl methyl sites for hydroxylation is 1. The SMILES string of the molecule is COc1cc(Cl)ccc1C(N)c1c(Br)cnn1C. The summed E-state index contributed by atoms with van der Waals surface area (Å²) in [5.41, 5.74) is 8.03. The van der Waals surface area contributed by atoms with E-state index >= 15 is 0 Å². The minimum absolute atomic E-state index is 0.334. The first-order valence-corrected chi connectivity index (χ1v) is 6.48. The molecule has 0 saturated heterocycles. The molecule has 1 aromatic carbocycles. The van der Waals surface area contributed by atoms with Crippen molar-refractivity contribution in [3.63, 3.8) is 0 Å². The van der Waals surface area contributed by atoms with Gasteiger partial charge in [-0.3, -0.25) is 4.68 Å². The zero-order chi connectivity index (χ0) is 13.3. The highest BCUT2D eigenvalue weighted by molar-refractivity contribution is 9.10. The molecule has 0 aliphatic rings. The second-order valence-electron chi connectivity index (χ2n) is 3.87. The van der Waals surface area contributed by atoms with E-state index in [1.807, 2.05) is 13.1 Å². The van der Waals surface area contributed by atoms with Gasteiger partial charge in [-0.2, -0.15) is 5.10 Å². The van der Waals surface area contributed by atoms with E-state index in [4.69, 9.17) is 22.1 Å². The summed E-state index contributed by atoms with van der Waals surface area (Å²) in [6.07, 6.45) is 1.72. The molecule has 0 amide bonds.